The van der Waals surface area contributed by atoms with Gasteiger partial charge in [0.25, 0.3) is 11.8 Å². The van der Waals surface area contributed by atoms with Gasteiger partial charge in [0.05, 0.1) is 5.52 Å². The van der Waals surface area contributed by atoms with Crippen LogP contribution < -0.4 is 15.6 Å². The highest BCUT2D eigenvalue weighted by Gasteiger charge is 2.10. The number of benzene rings is 2. The quantitative estimate of drug-likeness (QED) is 0.714. The number of carbonyl (C=O) groups is 2. The molecule has 0 radical (unpaired) electrons. The van der Waals surface area contributed by atoms with E-state index in [1.165, 1.54) is 18.2 Å². The molecular formula is C18H14FN3O3. The Balaban J connectivity index is 1.54. The number of ether oxygens (including phenoxy) is 1. The molecule has 1 heterocycles. The molecule has 7 heteroatoms. The zero-order chi connectivity index (χ0) is 17.6. The van der Waals surface area contributed by atoms with E-state index in [0.717, 1.165) is 5.39 Å². The molecule has 0 bridgehead atoms. The van der Waals surface area contributed by atoms with E-state index in [0.29, 0.717) is 5.52 Å². The van der Waals surface area contributed by atoms with Crippen molar-refractivity contribution in [3.8, 4) is 5.75 Å². The summed E-state index contributed by atoms with van der Waals surface area (Å²) in [5, 5.41) is 0.904. The lowest BCUT2D eigenvalue weighted by Crippen LogP contribution is -2.44. The smallest absolute Gasteiger partial charge is 0.288 e. The minimum Gasteiger partial charge on any atom is -0.481 e. The summed E-state index contributed by atoms with van der Waals surface area (Å²) in [5.74, 6) is -1.80. The largest absolute Gasteiger partial charge is 0.481 e. The number of hydrogen-bond acceptors (Lipinski definition) is 4. The van der Waals surface area contributed by atoms with Crippen molar-refractivity contribution >= 4 is 22.7 Å². The number of nitrogens with one attached hydrogen (secondary N) is 2. The SMILES string of the molecule is O=C(COc1ccccc1F)NNC(=O)c1ccc2ccccc2n1. The zero-order valence-electron chi connectivity index (χ0n) is 13.0. The van der Waals surface area contributed by atoms with Crippen molar-refractivity contribution in [2.45, 2.75) is 0 Å². The summed E-state index contributed by atoms with van der Waals surface area (Å²) in [6.07, 6.45) is 0. The molecule has 0 saturated heterocycles. The lowest BCUT2D eigenvalue weighted by atomic mass is 10.2. The molecule has 2 N–H and O–H groups in total. The molecule has 0 saturated carbocycles. The average Bonchev–Trinajstić information content (AvgIpc) is 2.65. The number of nitrogens with zero attached hydrogens (tertiary/aromatic N) is 1. The van der Waals surface area contributed by atoms with Crippen molar-refractivity contribution in [1.82, 2.24) is 15.8 Å². The molecule has 0 aliphatic heterocycles. The molecule has 25 heavy (non-hydrogen) atoms. The highest BCUT2D eigenvalue weighted by Crippen LogP contribution is 2.15. The summed E-state index contributed by atoms with van der Waals surface area (Å²) in [6, 6.07) is 16.4. The number of hydrazine groups is 1. The maximum Gasteiger partial charge on any atom is 0.288 e. The molecule has 0 spiro atoms. The summed E-state index contributed by atoms with van der Waals surface area (Å²) in [4.78, 5) is 27.9. The van der Waals surface area contributed by atoms with Crippen LogP contribution in [0.15, 0.2) is 60.7 Å². The second-order valence-electron chi connectivity index (χ2n) is 5.11. The second-order valence-corrected chi connectivity index (χ2v) is 5.11. The number of para-hydroxylation sites is 2. The summed E-state index contributed by atoms with van der Waals surface area (Å²) < 4.78 is 18.4. The first-order chi connectivity index (χ1) is 12.1. The Hall–Kier alpha value is -3.48. The number of amides is 2. The Morgan fingerprint density at radius 1 is 0.960 bits per heavy atom. The van der Waals surface area contributed by atoms with Crippen molar-refractivity contribution in [1.29, 1.82) is 0 Å². The molecule has 3 aromatic rings. The summed E-state index contributed by atoms with van der Waals surface area (Å²) in [5.41, 5.74) is 5.26. The fourth-order valence-electron chi connectivity index (χ4n) is 2.12. The van der Waals surface area contributed by atoms with Gasteiger partial charge in [0.15, 0.2) is 18.2 Å². The topological polar surface area (TPSA) is 80.3 Å². The second kappa shape index (κ2) is 7.39. The average molecular weight is 339 g/mol. The predicted octanol–water partition coefficient (Wildman–Crippen LogP) is 2.21. The van der Waals surface area contributed by atoms with E-state index >= 15 is 0 Å². The zero-order valence-corrected chi connectivity index (χ0v) is 13.0. The van der Waals surface area contributed by atoms with Crippen LogP contribution in [0.3, 0.4) is 0 Å². The van der Waals surface area contributed by atoms with Crippen molar-refractivity contribution in [3.63, 3.8) is 0 Å². The van der Waals surface area contributed by atoms with Crippen LogP contribution in [0, 0.1) is 5.82 Å². The van der Waals surface area contributed by atoms with Crippen LogP contribution in [0.25, 0.3) is 10.9 Å². The standard InChI is InChI=1S/C18H14FN3O3/c19-13-6-2-4-8-16(13)25-11-17(23)21-22-18(24)15-10-9-12-5-1-3-7-14(12)20-15/h1-10H,11H2,(H,21,23)(H,22,24). The lowest BCUT2D eigenvalue weighted by Gasteiger charge is -2.09. The highest BCUT2D eigenvalue weighted by atomic mass is 19.1. The van der Waals surface area contributed by atoms with Crippen LogP contribution in [0.4, 0.5) is 4.39 Å². The van der Waals surface area contributed by atoms with E-state index in [1.807, 2.05) is 18.2 Å². The first-order valence-electron chi connectivity index (χ1n) is 7.46. The van der Waals surface area contributed by atoms with Gasteiger partial charge in [-0.15, -0.1) is 0 Å². The van der Waals surface area contributed by atoms with Crippen LogP contribution in [-0.4, -0.2) is 23.4 Å². The molecule has 126 valence electrons. The number of halogens is 1. The van der Waals surface area contributed by atoms with Gasteiger partial charge in [0, 0.05) is 5.39 Å². The molecule has 1 aromatic heterocycles. The molecule has 0 atom stereocenters. The van der Waals surface area contributed by atoms with Gasteiger partial charge >= 0.3 is 0 Å². The minimum atomic E-state index is -0.627. The Morgan fingerprint density at radius 2 is 1.72 bits per heavy atom. The van der Waals surface area contributed by atoms with E-state index in [2.05, 4.69) is 15.8 Å². The lowest BCUT2D eigenvalue weighted by molar-refractivity contribution is -0.123. The Morgan fingerprint density at radius 3 is 2.56 bits per heavy atom. The van der Waals surface area contributed by atoms with E-state index < -0.39 is 24.2 Å². The third-order valence-corrected chi connectivity index (χ3v) is 3.34. The fourth-order valence-corrected chi connectivity index (χ4v) is 2.12. The predicted molar refractivity (Wildman–Crippen MR) is 89.2 cm³/mol. The van der Waals surface area contributed by atoms with E-state index in [4.69, 9.17) is 4.74 Å². The Bertz CT molecular complexity index is 930. The van der Waals surface area contributed by atoms with Crippen LogP contribution in [-0.2, 0) is 4.79 Å². The van der Waals surface area contributed by atoms with Crippen LogP contribution in [0.5, 0.6) is 5.75 Å². The number of carbonyl (C=O) groups excluding carboxylic acids is 2. The minimum absolute atomic E-state index is 0.0415. The van der Waals surface area contributed by atoms with Crippen LogP contribution >= 0.6 is 0 Å². The number of fused-ring (bicyclic) bond motifs is 1. The highest BCUT2D eigenvalue weighted by molar-refractivity contribution is 5.95. The maximum absolute atomic E-state index is 13.4. The summed E-state index contributed by atoms with van der Waals surface area (Å²) in [6.45, 7) is -0.438. The van der Waals surface area contributed by atoms with Crippen molar-refractivity contribution < 1.29 is 18.7 Å². The normalized spacial score (nSPS) is 10.3. The monoisotopic (exact) mass is 339 g/mol. The van der Waals surface area contributed by atoms with E-state index in [1.54, 1.807) is 24.3 Å². The number of hydrogen-bond donors (Lipinski definition) is 2. The van der Waals surface area contributed by atoms with E-state index in [-0.39, 0.29) is 11.4 Å². The van der Waals surface area contributed by atoms with Gasteiger partial charge in [-0.2, -0.15) is 0 Å². The Labute approximate surface area is 142 Å². The molecule has 2 aromatic carbocycles. The van der Waals surface area contributed by atoms with Gasteiger partial charge < -0.3 is 4.74 Å². The van der Waals surface area contributed by atoms with Crippen molar-refractivity contribution in [2.75, 3.05) is 6.61 Å². The summed E-state index contributed by atoms with van der Waals surface area (Å²) >= 11 is 0. The Kier molecular flexibility index (Phi) is 4.84. The molecule has 3 rings (SSSR count). The van der Waals surface area contributed by atoms with Crippen LogP contribution in [0.2, 0.25) is 0 Å². The molecule has 0 aliphatic rings. The number of aromatic nitrogens is 1. The van der Waals surface area contributed by atoms with Crippen molar-refractivity contribution in [2.24, 2.45) is 0 Å². The van der Waals surface area contributed by atoms with Gasteiger partial charge in [-0.1, -0.05) is 36.4 Å². The van der Waals surface area contributed by atoms with E-state index in [9.17, 15) is 14.0 Å². The first kappa shape index (κ1) is 16.4. The van der Waals surface area contributed by atoms with Crippen LogP contribution in [0.1, 0.15) is 10.5 Å². The third-order valence-electron chi connectivity index (χ3n) is 3.34. The van der Waals surface area contributed by atoms with Gasteiger partial charge in [-0.25, -0.2) is 9.37 Å². The van der Waals surface area contributed by atoms with Gasteiger partial charge in [0.2, 0.25) is 0 Å². The number of pyridine rings is 1. The molecule has 2 amide bonds. The fraction of sp³-hybridized carbons (Fsp3) is 0.0556. The summed E-state index contributed by atoms with van der Waals surface area (Å²) in [7, 11) is 0. The number of rotatable bonds is 4. The first-order valence-corrected chi connectivity index (χ1v) is 7.46. The molecular weight excluding hydrogens is 325 g/mol. The molecule has 6 nitrogen and oxygen atoms in total. The molecule has 0 fully saturated rings. The molecule has 0 aliphatic carbocycles. The van der Waals surface area contributed by atoms with Gasteiger partial charge in [0.1, 0.15) is 5.69 Å². The third kappa shape index (κ3) is 4.08. The maximum atomic E-state index is 13.4. The van der Waals surface area contributed by atoms with Crippen molar-refractivity contribution in [3.05, 3.63) is 72.2 Å². The van der Waals surface area contributed by atoms with Gasteiger partial charge in [-0.05, 0) is 24.3 Å². The molecule has 0 unspecified atom stereocenters. The van der Waals surface area contributed by atoms with Gasteiger partial charge in [-0.3, -0.25) is 20.4 Å².